The van der Waals surface area contributed by atoms with Crippen LogP contribution in [0.25, 0.3) is 5.57 Å². The lowest BCUT2D eigenvalue weighted by Crippen LogP contribution is -2.57. The van der Waals surface area contributed by atoms with Gasteiger partial charge in [0.2, 0.25) is 23.6 Å². The molecular weight excluding hydrogens is 933 g/mol. The van der Waals surface area contributed by atoms with E-state index >= 15 is 0 Å². The predicted octanol–water partition coefficient (Wildman–Crippen LogP) is 10.7. The molecule has 4 N–H and O–H groups in total. The number of methoxy groups -OCH3 is 2. The van der Waals surface area contributed by atoms with E-state index in [1.165, 1.54) is 36.5 Å². The van der Waals surface area contributed by atoms with Crippen LogP contribution in [-0.4, -0.2) is 96.1 Å². The molecule has 11 atom stereocenters. The predicted molar refractivity (Wildman–Crippen MR) is 287 cm³/mol. The number of anilines is 2. The molecule has 6 amide bonds. The summed E-state index contributed by atoms with van der Waals surface area (Å²) < 4.78 is 9.72. The van der Waals surface area contributed by atoms with Crippen molar-refractivity contribution in [2.75, 3.05) is 24.9 Å². The number of benzene rings is 2. The molecule has 1 unspecified atom stereocenters. The fourth-order valence-electron chi connectivity index (χ4n) is 13.9. The monoisotopic (exact) mass is 1010 g/mol. The fourth-order valence-corrected chi connectivity index (χ4v) is 13.9. The van der Waals surface area contributed by atoms with Crippen molar-refractivity contribution in [3.63, 3.8) is 0 Å². The summed E-state index contributed by atoms with van der Waals surface area (Å²) in [6, 6.07) is 13.7. The Morgan fingerprint density at radius 3 is 1.59 bits per heavy atom. The summed E-state index contributed by atoms with van der Waals surface area (Å²) in [4.78, 5) is 84.9. The average molecular weight is 1010 g/mol. The lowest BCUT2D eigenvalue weighted by atomic mass is 9.71. The Hall–Kier alpha value is -5.92. The minimum absolute atomic E-state index is 0.0230. The van der Waals surface area contributed by atoms with Gasteiger partial charge >= 0.3 is 12.2 Å². The number of carbonyl (C=O) groups is 6. The number of nitrogens with zero attached hydrogens (tertiary/aromatic N) is 2. The maximum atomic E-state index is 14.2. The fraction of sp³-hybridized carbons (Fsp3) is 0.600. The Kier molecular flexibility index (Phi) is 16.7. The van der Waals surface area contributed by atoms with E-state index in [0.717, 1.165) is 102 Å². The number of hydrogen-bond acceptors (Lipinski definition) is 8. The first kappa shape index (κ1) is 52.9. The van der Waals surface area contributed by atoms with Crippen LogP contribution in [0.2, 0.25) is 0 Å². The molecular formula is C60H80N6O8. The van der Waals surface area contributed by atoms with Crippen LogP contribution in [0, 0.1) is 35.5 Å². The van der Waals surface area contributed by atoms with Crippen molar-refractivity contribution in [2.24, 2.45) is 35.5 Å². The summed E-state index contributed by atoms with van der Waals surface area (Å²) in [5, 5.41) is 11.8. The van der Waals surface area contributed by atoms with Gasteiger partial charge in [-0.15, -0.1) is 0 Å². The van der Waals surface area contributed by atoms with E-state index in [1.54, 1.807) is 9.80 Å². The maximum absolute atomic E-state index is 14.2. The number of fused-ring (bicyclic) bond motifs is 2. The van der Waals surface area contributed by atoms with Gasteiger partial charge in [0.1, 0.15) is 24.2 Å². The number of carbonyl (C=O) groups excluding carboxylic acids is 6. The number of alkyl carbamates (subject to hydrolysis) is 2. The standard InChI is InChI=1S/C60H80N6O8/c1-35(2)53(63-59(71)73-5)57(69)65-49-13-9-7-11-43(49)33-51(65)55(67)61-45-27-23-41(24-28-45)47-31-37-15-19-39(47)21-17-38-16-20-40(22-18-37)48(32-38)42-25-29-46(30-26-42)62-56(68)52-34-44-12-8-10-14-50(44)66(52)58(70)54(36(3)4)64-60(72)74-6/h19,23-32,35-37,40,43-44,48-54H,7-18,20-22,33-34H2,1-6H3,(H,61,67)(H,62,68)(H,63,71)(H,64,72)/t37-,40?,43-,44-,48+,49-,50-,51-,52-,53-,54-/m0/s1. The second-order valence-corrected chi connectivity index (χ2v) is 23.1. The zero-order valence-electron chi connectivity index (χ0n) is 44.5. The number of allylic oxidation sites excluding steroid dienone is 6. The summed E-state index contributed by atoms with van der Waals surface area (Å²) >= 11 is 0. The molecule has 0 spiro atoms. The Morgan fingerprint density at radius 2 is 1.08 bits per heavy atom. The highest BCUT2D eigenvalue weighted by molar-refractivity contribution is 6.00. The van der Waals surface area contributed by atoms with Crippen LogP contribution in [-0.2, 0) is 28.7 Å². The third kappa shape index (κ3) is 11.5. The molecule has 2 aliphatic heterocycles. The third-order valence-corrected chi connectivity index (χ3v) is 17.9. The summed E-state index contributed by atoms with van der Waals surface area (Å²) in [5.41, 5.74) is 7.93. The third-order valence-electron chi connectivity index (χ3n) is 17.9. The smallest absolute Gasteiger partial charge is 0.407 e. The molecule has 2 saturated carbocycles. The zero-order valence-corrected chi connectivity index (χ0v) is 44.5. The average Bonchev–Trinajstić information content (AvgIpc) is 4.00. The van der Waals surface area contributed by atoms with E-state index in [9.17, 15) is 28.8 Å². The van der Waals surface area contributed by atoms with E-state index in [2.05, 4.69) is 63.8 Å². The summed E-state index contributed by atoms with van der Waals surface area (Å²) in [7, 11) is 2.58. The largest absolute Gasteiger partial charge is 0.453 e. The molecule has 4 fully saturated rings. The van der Waals surface area contributed by atoms with Crippen molar-refractivity contribution in [3.05, 3.63) is 89.0 Å². The van der Waals surface area contributed by atoms with Crippen molar-refractivity contribution in [3.8, 4) is 0 Å². The second-order valence-electron chi connectivity index (χ2n) is 23.1. The number of hydrogen-bond donors (Lipinski definition) is 4. The van der Waals surface area contributed by atoms with Crippen LogP contribution in [0.1, 0.15) is 154 Å². The molecule has 2 saturated heterocycles. The van der Waals surface area contributed by atoms with Crippen LogP contribution in [0.4, 0.5) is 21.0 Å². The molecule has 12 rings (SSSR count). The van der Waals surface area contributed by atoms with Crippen molar-refractivity contribution in [2.45, 2.75) is 179 Å². The van der Waals surface area contributed by atoms with E-state index < -0.39 is 36.4 Å². The highest BCUT2D eigenvalue weighted by Crippen LogP contribution is 2.46. The quantitative estimate of drug-likeness (QED) is 0.152. The van der Waals surface area contributed by atoms with E-state index in [1.807, 2.05) is 52.0 Å². The lowest BCUT2D eigenvalue weighted by Gasteiger charge is -2.36. The molecule has 8 aliphatic carbocycles. The van der Waals surface area contributed by atoms with Crippen LogP contribution < -0.4 is 21.3 Å². The Labute approximate surface area is 438 Å². The molecule has 14 heteroatoms. The Balaban J connectivity index is 0.847. The van der Waals surface area contributed by atoms with Gasteiger partial charge in [-0.3, -0.25) is 19.2 Å². The molecule has 4 bridgehead atoms. The Morgan fingerprint density at radius 1 is 0.568 bits per heavy atom. The van der Waals surface area contributed by atoms with Gasteiger partial charge in [0.15, 0.2) is 0 Å². The Bertz CT molecular complexity index is 2500. The van der Waals surface area contributed by atoms with Crippen molar-refractivity contribution >= 4 is 52.8 Å². The van der Waals surface area contributed by atoms with E-state index in [-0.39, 0.29) is 65.3 Å². The first-order chi connectivity index (χ1) is 35.7. The lowest BCUT2D eigenvalue weighted by molar-refractivity contribution is -0.142. The van der Waals surface area contributed by atoms with Crippen molar-refractivity contribution < 1.29 is 38.2 Å². The van der Waals surface area contributed by atoms with Crippen LogP contribution in [0.5, 0.6) is 0 Å². The first-order valence-electron chi connectivity index (χ1n) is 28.0. The highest BCUT2D eigenvalue weighted by atomic mass is 16.5. The van der Waals surface area contributed by atoms with Crippen molar-refractivity contribution in [1.29, 1.82) is 0 Å². The van der Waals surface area contributed by atoms with Gasteiger partial charge in [-0.2, -0.15) is 0 Å². The molecule has 0 aromatic heterocycles. The van der Waals surface area contributed by atoms with Gasteiger partial charge in [0, 0.05) is 29.4 Å². The maximum Gasteiger partial charge on any atom is 0.407 e. The van der Waals surface area contributed by atoms with Gasteiger partial charge in [-0.1, -0.05) is 101 Å². The SMILES string of the molecule is COC(=O)N[C@H](C(=O)N1[C@H](C(=O)Nc2ccc(C3=C[C@H]4CC=C3CCC3=C[C@@H](c5ccc(NC(=O)[C@@H]6C[C@@H]7CCCC[C@@H]7N6C(=O)[C@@H](NC(=O)OC)C(C)C)cc5)C(CC3)CC4)cc2)C[C@@H]2CCCC[C@@H]21)C(C)C. The van der Waals surface area contributed by atoms with Gasteiger partial charge in [-0.05, 0) is 166 Å². The van der Waals surface area contributed by atoms with Crippen LogP contribution in [0.15, 0.2) is 77.9 Å². The zero-order chi connectivity index (χ0) is 52.2. The van der Waals surface area contributed by atoms with E-state index in [4.69, 9.17) is 9.47 Å². The van der Waals surface area contributed by atoms with E-state index in [0.29, 0.717) is 36.1 Å². The summed E-state index contributed by atoms with van der Waals surface area (Å²) in [5.74, 6) is 0.521. The highest BCUT2D eigenvalue weighted by Gasteiger charge is 2.51. The number of ether oxygens (including phenoxy) is 2. The minimum atomic E-state index is -0.792. The van der Waals surface area contributed by atoms with Gasteiger partial charge < -0.3 is 40.5 Å². The van der Waals surface area contributed by atoms with Crippen LogP contribution in [0.3, 0.4) is 0 Å². The van der Waals surface area contributed by atoms with Crippen LogP contribution >= 0.6 is 0 Å². The van der Waals surface area contributed by atoms with Crippen molar-refractivity contribution in [1.82, 2.24) is 20.4 Å². The van der Waals surface area contributed by atoms with Gasteiger partial charge in [-0.25, -0.2) is 9.59 Å². The van der Waals surface area contributed by atoms with Gasteiger partial charge in [0.25, 0.3) is 0 Å². The second kappa shape index (κ2) is 23.3. The molecule has 398 valence electrons. The molecule has 14 nitrogen and oxygen atoms in total. The first-order valence-corrected chi connectivity index (χ1v) is 28.0. The molecule has 2 aromatic carbocycles. The minimum Gasteiger partial charge on any atom is -0.453 e. The topological polar surface area (TPSA) is 175 Å². The normalized spacial score (nSPS) is 28.3. The molecule has 2 aromatic rings. The molecule has 0 radical (unpaired) electrons. The number of rotatable bonds is 12. The summed E-state index contributed by atoms with van der Waals surface area (Å²) in [6.07, 6.45) is 22.7. The molecule has 74 heavy (non-hydrogen) atoms. The van der Waals surface area contributed by atoms with Gasteiger partial charge in [0.05, 0.1) is 14.2 Å². The molecule has 2 heterocycles. The number of amides is 6. The molecule has 10 aliphatic rings. The summed E-state index contributed by atoms with van der Waals surface area (Å²) in [6.45, 7) is 7.59. The number of nitrogens with one attached hydrogen (secondary N) is 4. The number of likely N-dealkylation sites (tertiary alicyclic amines) is 2.